The van der Waals surface area contributed by atoms with Gasteiger partial charge >= 0.3 is 0 Å². The monoisotopic (exact) mass is 385 g/mol. The van der Waals surface area contributed by atoms with Crippen molar-refractivity contribution in [3.05, 3.63) is 70.3 Å². The second-order valence-electron chi connectivity index (χ2n) is 7.10. The lowest BCUT2D eigenvalue weighted by molar-refractivity contribution is -0.205. The molecule has 0 amide bonds. The molecule has 0 bridgehead atoms. The minimum Gasteiger partial charge on any atom is -0.400 e. The number of hydrogen-bond donors (Lipinski definition) is 3. The van der Waals surface area contributed by atoms with E-state index in [2.05, 4.69) is 37.3 Å². The molecular formula is C23H31NO4. The Morgan fingerprint density at radius 2 is 1.82 bits per heavy atom. The van der Waals surface area contributed by atoms with Crippen LogP contribution in [0.2, 0.25) is 0 Å². The molecule has 5 heteroatoms. The fraction of sp³-hybridized carbons (Fsp3) is 0.435. The van der Waals surface area contributed by atoms with Crippen molar-refractivity contribution in [3.8, 4) is 0 Å². The molecule has 1 fully saturated rings. The predicted octanol–water partition coefficient (Wildman–Crippen LogP) is 3.77. The number of benzene rings is 2. The fourth-order valence-electron chi connectivity index (χ4n) is 3.40. The van der Waals surface area contributed by atoms with Crippen LogP contribution < -0.4 is 0 Å². The van der Waals surface area contributed by atoms with Gasteiger partial charge in [-0.2, -0.15) is 0 Å². The van der Waals surface area contributed by atoms with Crippen molar-refractivity contribution in [1.29, 1.82) is 5.41 Å². The second-order valence-corrected chi connectivity index (χ2v) is 7.10. The first-order valence-electron chi connectivity index (χ1n) is 9.51. The Kier molecular flexibility index (Phi) is 8.33. The van der Waals surface area contributed by atoms with E-state index < -0.39 is 6.10 Å². The zero-order valence-electron chi connectivity index (χ0n) is 17.1. The molecule has 3 unspecified atom stereocenters. The lowest BCUT2D eigenvalue weighted by Gasteiger charge is -2.32. The molecule has 1 saturated heterocycles. The van der Waals surface area contributed by atoms with Gasteiger partial charge in [0, 0.05) is 32.8 Å². The summed E-state index contributed by atoms with van der Waals surface area (Å²) < 4.78 is 11.3. The first-order valence-corrected chi connectivity index (χ1v) is 9.51. The lowest BCUT2D eigenvalue weighted by atomic mass is 9.93. The summed E-state index contributed by atoms with van der Waals surface area (Å²) in [5.74, 6) is 0. The molecular weight excluding hydrogens is 354 g/mol. The van der Waals surface area contributed by atoms with E-state index in [0.717, 1.165) is 24.7 Å². The van der Waals surface area contributed by atoms with Crippen molar-refractivity contribution in [2.45, 2.75) is 51.6 Å². The molecule has 0 spiro atoms. The Labute approximate surface area is 167 Å². The van der Waals surface area contributed by atoms with E-state index in [1.165, 1.54) is 16.7 Å². The normalized spacial score (nSPS) is 21.6. The summed E-state index contributed by atoms with van der Waals surface area (Å²) in [7, 11) is 2.61. The van der Waals surface area contributed by atoms with Gasteiger partial charge in [0.2, 0.25) is 0 Å². The van der Waals surface area contributed by atoms with Crippen LogP contribution in [0.4, 0.5) is 0 Å². The smallest absolute Gasteiger partial charge is 0.160 e. The Bertz CT molecular complexity index is 773. The highest BCUT2D eigenvalue weighted by molar-refractivity contribution is 5.96. The third kappa shape index (κ3) is 5.72. The Balaban J connectivity index is 0.00000136. The van der Waals surface area contributed by atoms with E-state index in [4.69, 9.17) is 20.0 Å². The van der Waals surface area contributed by atoms with Gasteiger partial charge in [0.1, 0.15) is 0 Å². The van der Waals surface area contributed by atoms with Gasteiger partial charge in [0.05, 0.1) is 12.2 Å². The summed E-state index contributed by atoms with van der Waals surface area (Å²) in [5.41, 5.74) is 6.32. The van der Waals surface area contributed by atoms with Crippen molar-refractivity contribution in [2.75, 3.05) is 14.2 Å². The van der Waals surface area contributed by atoms with Crippen LogP contribution in [0.25, 0.3) is 0 Å². The average Bonchev–Trinajstić information content (AvgIpc) is 2.71. The van der Waals surface area contributed by atoms with Crippen LogP contribution in [-0.2, 0) is 15.9 Å². The first kappa shape index (κ1) is 22.2. The molecule has 1 aliphatic rings. The highest BCUT2D eigenvalue weighted by atomic mass is 16.7. The number of ether oxygens (including phenoxy) is 2. The number of nitrogens with one attached hydrogen (secondary N) is 1. The summed E-state index contributed by atoms with van der Waals surface area (Å²) >= 11 is 0. The van der Waals surface area contributed by atoms with Gasteiger partial charge < -0.3 is 25.1 Å². The van der Waals surface area contributed by atoms with Crippen LogP contribution in [0.15, 0.2) is 42.5 Å². The molecule has 152 valence electrons. The maximum Gasteiger partial charge on any atom is 0.160 e. The molecule has 0 aromatic heterocycles. The Morgan fingerprint density at radius 1 is 1.14 bits per heavy atom. The van der Waals surface area contributed by atoms with Crippen LogP contribution in [0.3, 0.4) is 0 Å². The van der Waals surface area contributed by atoms with Gasteiger partial charge in [-0.25, -0.2) is 0 Å². The molecule has 1 aliphatic heterocycles. The summed E-state index contributed by atoms with van der Waals surface area (Å²) in [6, 6.07) is 14.5. The molecule has 3 rings (SSSR count). The van der Waals surface area contributed by atoms with Crippen LogP contribution in [0.5, 0.6) is 0 Å². The maximum atomic E-state index is 10.1. The van der Waals surface area contributed by atoms with E-state index in [1.807, 2.05) is 12.1 Å². The zero-order chi connectivity index (χ0) is 20.7. The van der Waals surface area contributed by atoms with Crippen LogP contribution in [0.1, 0.15) is 53.7 Å². The van der Waals surface area contributed by atoms with E-state index in [0.29, 0.717) is 18.6 Å². The summed E-state index contributed by atoms with van der Waals surface area (Å²) in [6.45, 7) is 3.91. The highest BCUT2D eigenvalue weighted by Gasteiger charge is 2.29. The minimum atomic E-state index is -0.402. The van der Waals surface area contributed by atoms with Crippen LogP contribution in [0, 0.1) is 12.3 Å². The van der Waals surface area contributed by atoms with Crippen molar-refractivity contribution < 1.29 is 19.7 Å². The summed E-state index contributed by atoms with van der Waals surface area (Å²) in [4.78, 5) is 0. The SMILES string of the molecule is CO.COC1CC(O)CC(c2ccc(C)c(Cc3ccc(C(C)=N)cc3)c2)O1. The number of rotatable bonds is 5. The number of hydrogen-bond acceptors (Lipinski definition) is 5. The minimum absolute atomic E-state index is 0.147. The van der Waals surface area contributed by atoms with Crippen LogP contribution in [-0.4, -0.2) is 42.5 Å². The predicted molar refractivity (Wildman–Crippen MR) is 111 cm³/mol. The molecule has 0 aliphatic carbocycles. The van der Waals surface area contributed by atoms with Crippen molar-refractivity contribution in [1.82, 2.24) is 0 Å². The molecule has 2 aromatic carbocycles. The molecule has 3 atom stereocenters. The Hall–Kier alpha value is -2.05. The summed E-state index contributed by atoms with van der Waals surface area (Å²) in [5, 5.41) is 24.8. The van der Waals surface area contributed by atoms with Gasteiger partial charge in [-0.15, -0.1) is 0 Å². The third-order valence-electron chi connectivity index (χ3n) is 5.06. The molecule has 2 aromatic rings. The van der Waals surface area contributed by atoms with Gasteiger partial charge in [-0.3, -0.25) is 0 Å². The topological polar surface area (TPSA) is 82.8 Å². The molecule has 0 saturated carbocycles. The van der Waals surface area contributed by atoms with Crippen molar-refractivity contribution in [2.24, 2.45) is 0 Å². The number of aryl methyl sites for hydroxylation is 1. The van der Waals surface area contributed by atoms with Gasteiger partial charge in [-0.1, -0.05) is 42.5 Å². The molecule has 0 radical (unpaired) electrons. The molecule has 28 heavy (non-hydrogen) atoms. The van der Waals surface area contributed by atoms with Crippen LogP contribution >= 0.6 is 0 Å². The lowest BCUT2D eigenvalue weighted by Crippen LogP contribution is -2.32. The third-order valence-corrected chi connectivity index (χ3v) is 5.06. The van der Waals surface area contributed by atoms with E-state index >= 15 is 0 Å². The molecule has 3 N–H and O–H groups in total. The van der Waals surface area contributed by atoms with Gasteiger partial charge in [0.25, 0.3) is 0 Å². The zero-order valence-corrected chi connectivity index (χ0v) is 17.1. The fourth-order valence-corrected chi connectivity index (χ4v) is 3.40. The molecule has 5 nitrogen and oxygen atoms in total. The highest BCUT2D eigenvalue weighted by Crippen LogP contribution is 2.33. The average molecular weight is 386 g/mol. The van der Waals surface area contributed by atoms with Gasteiger partial charge in [-0.05, 0) is 48.1 Å². The maximum absolute atomic E-state index is 10.1. The van der Waals surface area contributed by atoms with E-state index in [-0.39, 0.29) is 12.4 Å². The second kappa shape index (κ2) is 10.5. The van der Waals surface area contributed by atoms with E-state index in [1.54, 1.807) is 14.0 Å². The summed E-state index contributed by atoms with van der Waals surface area (Å²) in [6.07, 6.45) is 1.04. The van der Waals surface area contributed by atoms with Crippen molar-refractivity contribution >= 4 is 5.71 Å². The van der Waals surface area contributed by atoms with Gasteiger partial charge in [0.15, 0.2) is 6.29 Å². The number of aliphatic hydroxyl groups excluding tert-OH is 2. The molecule has 1 heterocycles. The van der Waals surface area contributed by atoms with Crippen molar-refractivity contribution in [3.63, 3.8) is 0 Å². The Morgan fingerprint density at radius 3 is 2.43 bits per heavy atom. The quantitative estimate of drug-likeness (QED) is 0.684. The first-order chi connectivity index (χ1) is 13.5. The number of aliphatic hydroxyl groups is 2. The largest absolute Gasteiger partial charge is 0.400 e. The number of methoxy groups -OCH3 is 1. The standard InChI is InChI=1S/C22H27NO3.CH4O/c1-14-4-7-18(21-12-20(24)13-22(25-3)26-21)11-19(14)10-16-5-8-17(9-6-16)15(2)23;1-2/h4-9,11,20-24H,10,12-13H2,1-3H3;2H,1H3. The van der Waals surface area contributed by atoms with E-state index in [9.17, 15) is 5.11 Å².